The van der Waals surface area contributed by atoms with Crippen LogP contribution >= 0.6 is 0 Å². The molecule has 0 unspecified atom stereocenters. The summed E-state index contributed by atoms with van der Waals surface area (Å²) in [6, 6.07) is 9.47. The van der Waals surface area contributed by atoms with Crippen LogP contribution in [-0.2, 0) is 0 Å². The summed E-state index contributed by atoms with van der Waals surface area (Å²) in [6.45, 7) is 3.62. The smallest absolute Gasteiger partial charge is 0.163 e. The molecule has 6 aromatic rings. The summed E-state index contributed by atoms with van der Waals surface area (Å²) in [5, 5.41) is 8.15. The van der Waals surface area contributed by atoms with Crippen LogP contribution in [0.2, 0.25) is 0 Å². The van der Waals surface area contributed by atoms with Crippen LogP contribution in [0.5, 0.6) is 0 Å². The van der Waals surface area contributed by atoms with Gasteiger partial charge < -0.3 is 4.98 Å². The van der Waals surface area contributed by atoms with Crippen molar-refractivity contribution < 1.29 is 8.78 Å². The molecular weight excluding hydrogens is 438 g/mol. The molecule has 0 saturated heterocycles. The lowest BCUT2D eigenvalue weighted by molar-refractivity contribution is 0.615. The van der Waals surface area contributed by atoms with Crippen molar-refractivity contribution in [2.75, 3.05) is 0 Å². The van der Waals surface area contributed by atoms with E-state index in [1.165, 1.54) is 12.5 Å². The minimum absolute atomic E-state index is 0.0446. The van der Waals surface area contributed by atoms with Crippen molar-refractivity contribution in [1.29, 1.82) is 0 Å². The van der Waals surface area contributed by atoms with Crippen molar-refractivity contribution in [3.8, 4) is 28.3 Å². The molecule has 8 nitrogen and oxygen atoms in total. The number of halogens is 2. The molecule has 0 aliphatic heterocycles. The molecule has 0 spiro atoms. The molecule has 0 fully saturated rings. The monoisotopic (exact) mass is 454 g/mol. The molecule has 10 heteroatoms. The summed E-state index contributed by atoms with van der Waals surface area (Å²) >= 11 is 0. The molecule has 0 amide bonds. The number of H-pyrrole nitrogens is 1. The van der Waals surface area contributed by atoms with Crippen LogP contribution in [0.25, 0.3) is 50.3 Å². The quantitative estimate of drug-likeness (QED) is 0.416. The first-order valence-corrected chi connectivity index (χ1v) is 10.4. The summed E-state index contributed by atoms with van der Waals surface area (Å²) in [4.78, 5) is 20.6. The SMILES string of the molecule is Cc1nccc(-c2cc(-c3nnc[nH]3)c3nc(C)n(-c4ccnc5c(F)ccc(F)c45)c3c2)n1. The lowest BCUT2D eigenvalue weighted by atomic mass is 10.0. The van der Waals surface area contributed by atoms with Gasteiger partial charge in [-0.3, -0.25) is 9.55 Å². The Labute approximate surface area is 191 Å². The van der Waals surface area contributed by atoms with E-state index >= 15 is 0 Å². The summed E-state index contributed by atoms with van der Waals surface area (Å²) in [6.07, 6.45) is 4.63. The van der Waals surface area contributed by atoms with E-state index in [1.54, 1.807) is 16.8 Å². The van der Waals surface area contributed by atoms with Gasteiger partial charge in [0.1, 0.15) is 40.6 Å². The minimum Gasteiger partial charge on any atom is -0.327 e. The number of fused-ring (bicyclic) bond motifs is 2. The number of imidazole rings is 1. The standard InChI is InChI=1S/C24H16F2N8/c1-12-27-7-5-18(31-12)14-9-15(24-29-11-30-33-24)22-20(10-14)34(13(2)32-22)19-6-8-28-23-17(26)4-3-16(25)21(19)23/h3-11H,1-2H3,(H,29,30,33). The lowest BCUT2D eigenvalue weighted by Crippen LogP contribution is -2.01. The van der Waals surface area contributed by atoms with Crippen LogP contribution in [-0.4, -0.2) is 39.7 Å². The molecule has 0 bridgehead atoms. The number of hydrogen-bond acceptors (Lipinski definition) is 6. The van der Waals surface area contributed by atoms with E-state index in [1.807, 2.05) is 32.0 Å². The van der Waals surface area contributed by atoms with E-state index in [9.17, 15) is 8.78 Å². The van der Waals surface area contributed by atoms with Gasteiger partial charge in [-0.25, -0.2) is 23.7 Å². The zero-order chi connectivity index (χ0) is 23.4. The molecule has 34 heavy (non-hydrogen) atoms. The van der Waals surface area contributed by atoms with E-state index in [2.05, 4.69) is 30.1 Å². The van der Waals surface area contributed by atoms with E-state index in [0.717, 1.165) is 17.7 Å². The van der Waals surface area contributed by atoms with Gasteiger partial charge in [-0.15, -0.1) is 10.2 Å². The maximum atomic E-state index is 15.0. The molecule has 166 valence electrons. The van der Waals surface area contributed by atoms with E-state index in [0.29, 0.717) is 45.5 Å². The fourth-order valence-electron chi connectivity index (χ4n) is 4.24. The molecule has 2 aromatic carbocycles. The third-order valence-corrected chi connectivity index (χ3v) is 5.68. The van der Waals surface area contributed by atoms with Gasteiger partial charge in [0.05, 0.1) is 22.3 Å². The third kappa shape index (κ3) is 3.03. The highest BCUT2D eigenvalue weighted by atomic mass is 19.1. The highest BCUT2D eigenvalue weighted by Gasteiger charge is 2.21. The molecule has 0 radical (unpaired) electrons. The largest absolute Gasteiger partial charge is 0.327 e. The predicted molar refractivity (Wildman–Crippen MR) is 122 cm³/mol. The molecule has 4 heterocycles. The molecule has 0 atom stereocenters. The average Bonchev–Trinajstić information content (AvgIpc) is 3.48. The molecule has 4 aromatic heterocycles. The fourth-order valence-corrected chi connectivity index (χ4v) is 4.24. The topological polar surface area (TPSA) is 98.1 Å². The summed E-state index contributed by atoms with van der Waals surface area (Å²) < 4.78 is 31.2. The molecule has 0 saturated carbocycles. The van der Waals surface area contributed by atoms with Crippen LogP contribution in [0, 0.1) is 25.5 Å². The number of nitrogens with zero attached hydrogens (tertiary/aromatic N) is 7. The van der Waals surface area contributed by atoms with Crippen molar-refractivity contribution in [3.05, 3.63) is 78.4 Å². The van der Waals surface area contributed by atoms with Gasteiger partial charge in [0.25, 0.3) is 0 Å². The number of aryl methyl sites for hydroxylation is 2. The number of aromatic amines is 1. The zero-order valence-electron chi connectivity index (χ0n) is 18.1. The summed E-state index contributed by atoms with van der Waals surface area (Å²) in [5.74, 6) is 0.571. The van der Waals surface area contributed by atoms with Crippen LogP contribution < -0.4 is 0 Å². The lowest BCUT2D eigenvalue weighted by Gasteiger charge is -2.13. The van der Waals surface area contributed by atoms with Crippen molar-refractivity contribution in [2.24, 2.45) is 0 Å². The van der Waals surface area contributed by atoms with Crippen LogP contribution in [0.3, 0.4) is 0 Å². The van der Waals surface area contributed by atoms with Crippen molar-refractivity contribution >= 4 is 21.9 Å². The maximum absolute atomic E-state index is 15.0. The Hall–Kier alpha value is -4.60. The molecule has 6 rings (SSSR count). The minimum atomic E-state index is -0.597. The first-order valence-electron chi connectivity index (χ1n) is 10.4. The predicted octanol–water partition coefficient (Wildman–Crippen LogP) is 4.71. The van der Waals surface area contributed by atoms with Crippen molar-refractivity contribution in [2.45, 2.75) is 13.8 Å². The first-order chi connectivity index (χ1) is 16.5. The van der Waals surface area contributed by atoms with Gasteiger partial charge >= 0.3 is 0 Å². The zero-order valence-corrected chi connectivity index (χ0v) is 18.1. The van der Waals surface area contributed by atoms with E-state index < -0.39 is 11.6 Å². The fraction of sp³-hybridized carbons (Fsp3) is 0.0833. The molecule has 0 aliphatic carbocycles. The average molecular weight is 454 g/mol. The van der Waals surface area contributed by atoms with Gasteiger partial charge in [0, 0.05) is 23.5 Å². The number of nitrogens with one attached hydrogen (secondary N) is 1. The Kier molecular flexibility index (Phi) is 4.41. The van der Waals surface area contributed by atoms with Crippen LogP contribution in [0.4, 0.5) is 8.78 Å². The Balaban J connectivity index is 1.73. The van der Waals surface area contributed by atoms with Gasteiger partial charge in [-0.1, -0.05) is 0 Å². The highest BCUT2D eigenvalue weighted by Crippen LogP contribution is 2.35. The number of pyridine rings is 1. The Bertz CT molecular complexity index is 1710. The number of hydrogen-bond donors (Lipinski definition) is 1. The Morgan fingerprint density at radius 2 is 1.71 bits per heavy atom. The van der Waals surface area contributed by atoms with E-state index in [-0.39, 0.29) is 10.9 Å². The normalized spacial score (nSPS) is 11.5. The second-order valence-corrected chi connectivity index (χ2v) is 7.80. The Morgan fingerprint density at radius 3 is 2.50 bits per heavy atom. The van der Waals surface area contributed by atoms with Crippen molar-refractivity contribution in [1.82, 2.24) is 39.7 Å². The molecule has 1 N–H and O–H groups in total. The van der Waals surface area contributed by atoms with E-state index in [4.69, 9.17) is 4.98 Å². The van der Waals surface area contributed by atoms with Gasteiger partial charge in [0.2, 0.25) is 0 Å². The molecule has 0 aliphatic rings. The third-order valence-electron chi connectivity index (χ3n) is 5.68. The van der Waals surface area contributed by atoms with Crippen molar-refractivity contribution in [3.63, 3.8) is 0 Å². The number of aromatic nitrogens is 8. The second-order valence-electron chi connectivity index (χ2n) is 7.80. The number of rotatable bonds is 3. The molecular formula is C24H16F2N8. The first kappa shape index (κ1) is 20.0. The number of benzene rings is 2. The highest BCUT2D eigenvalue weighted by molar-refractivity contribution is 5.97. The van der Waals surface area contributed by atoms with Gasteiger partial charge in [0.15, 0.2) is 5.82 Å². The maximum Gasteiger partial charge on any atom is 0.163 e. The van der Waals surface area contributed by atoms with Crippen LogP contribution in [0.1, 0.15) is 11.6 Å². The summed E-state index contributed by atoms with van der Waals surface area (Å²) in [5.41, 5.74) is 3.89. The second kappa shape index (κ2) is 7.48. The van der Waals surface area contributed by atoms with Crippen LogP contribution in [0.15, 0.2) is 55.1 Å². The van der Waals surface area contributed by atoms with Gasteiger partial charge in [-0.2, -0.15) is 0 Å². The Morgan fingerprint density at radius 1 is 0.882 bits per heavy atom. The summed E-state index contributed by atoms with van der Waals surface area (Å²) in [7, 11) is 0. The van der Waals surface area contributed by atoms with Gasteiger partial charge in [-0.05, 0) is 50.2 Å².